The maximum absolute atomic E-state index is 11.1. The molecule has 19 heavy (non-hydrogen) atoms. The van der Waals surface area contributed by atoms with Gasteiger partial charge < -0.3 is 14.7 Å². The van der Waals surface area contributed by atoms with Crippen LogP contribution in [-0.2, 0) is 11.4 Å². The Bertz CT molecular complexity index is 577. The molecule has 0 radical (unpaired) electrons. The largest absolute Gasteiger partial charge is 0.487 e. The van der Waals surface area contributed by atoms with E-state index >= 15 is 0 Å². The molecule has 4 heteroatoms. The van der Waals surface area contributed by atoms with Crippen LogP contribution in [-0.4, -0.2) is 17.6 Å². The summed E-state index contributed by atoms with van der Waals surface area (Å²) >= 11 is 0. The third-order valence-electron chi connectivity index (χ3n) is 3.12. The van der Waals surface area contributed by atoms with E-state index in [2.05, 4.69) is 0 Å². The van der Waals surface area contributed by atoms with Crippen LogP contribution in [0.15, 0.2) is 48.5 Å². The molecule has 0 saturated heterocycles. The molecule has 1 heterocycles. The van der Waals surface area contributed by atoms with Crippen LogP contribution in [0.2, 0.25) is 0 Å². The lowest BCUT2D eigenvalue weighted by molar-refractivity contribution is -0.135. The number of hydrogen-bond donors (Lipinski definition) is 1. The van der Waals surface area contributed by atoms with Gasteiger partial charge >= 0.3 is 5.97 Å². The van der Waals surface area contributed by atoms with E-state index in [-0.39, 0.29) is 6.54 Å². The van der Waals surface area contributed by atoms with E-state index < -0.39 is 5.97 Å². The fourth-order valence-corrected chi connectivity index (χ4v) is 2.29. The van der Waals surface area contributed by atoms with E-state index in [1.54, 1.807) is 4.90 Å². The van der Waals surface area contributed by atoms with Gasteiger partial charge in [0, 0.05) is 11.3 Å². The molecule has 0 atom stereocenters. The van der Waals surface area contributed by atoms with Gasteiger partial charge in [0.05, 0.1) is 5.69 Å². The molecular formula is C15H13NO3. The maximum Gasteiger partial charge on any atom is 0.323 e. The highest BCUT2D eigenvalue weighted by atomic mass is 16.5. The summed E-state index contributed by atoms with van der Waals surface area (Å²) in [6.07, 6.45) is 0. The van der Waals surface area contributed by atoms with Crippen molar-refractivity contribution in [3.63, 3.8) is 0 Å². The quantitative estimate of drug-likeness (QED) is 0.896. The Morgan fingerprint density at radius 2 is 1.79 bits per heavy atom. The van der Waals surface area contributed by atoms with Crippen LogP contribution in [0, 0.1) is 0 Å². The lowest BCUT2D eigenvalue weighted by Gasteiger charge is -2.23. The molecule has 0 aliphatic carbocycles. The summed E-state index contributed by atoms with van der Waals surface area (Å²) in [5.41, 5.74) is 2.66. The predicted octanol–water partition coefficient (Wildman–Crippen LogP) is 2.80. The molecule has 2 aromatic carbocycles. The second kappa shape index (κ2) is 4.65. The average molecular weight is 255 g/mol. The van der Waals surface area contributed by atoms with Crippen molar-refractivity contribution in [1.82, 2.24) is 0 Å². The second-order valence-corrected chi connectivity index (χ2v) is 4.36. The topological polar surface area (TPSA) is 49.8 Å². The van der Waals surface area contributed by atoms with Crippen molar-refractivity contribution >= 4 is 17.3 Å². The number of aliphatic carboxylic acids is 1. The van der Waals surface area contributed by atoms with Gasteiger partial charge in [0.1, 0.15) is 18.9 Å². The number of para-hydroxylation sites is 3. The summed E-state index contributed by atoms with van der Waals surface area (Å²) < 4.78 is 5.75. The van der Waals surface area contributed by atoms with Crippen LogP contribution in [0.25, 0.3) is 0 Å². The van der Waals surface area contributed by atoms with Crippen LogP contribution >= 0.6 is 0 Å². The second-order valence-electron chi connectivity index (χ2n) is 4.36. The highest BCUT2D eigenvalue weighted by molar-refractivity contribution is 5.82. The zero-order valence-corrected chi connectivity index (χ0v) is 10.2. The van der Waals surface area contributed by atoms with Gasteiger partial charge in [-0.05, 0) is 18.2 Å². The molecule has 4 nitrogen and oxygen atoms in total. The summed E-state index contributed by atoms with van der Waals surface area (Å²) in [5, 5.41) is 9.13. The summed E-state index contributed by atoms with van der Waals surface area (Å²) in [7, 11) is 0. The van der Waals surface area contributed by atoms with Crippen molar-refractivity contribution in [3.8, 4) is 5.75 Å². The van der Waals surface area contributed by atoms with E-state index in [4.69, 9.17) is 9.84 Å². The lowest BCUT2D eigenvalue weighted by Crippen LogP contribution is -2.25. The smallest absolute Gasteiger partial charge is 0.323 e. The molecule has 0 amide bonds. The predicted molar refractivity (Wildman–Crippen MR) is 71.9 cm³/mol. The van der Waals surface area contributed by atoms with Gasteiger partial charge in [0.25, 0.3) is 0 Å². The van der Waals surface area contributed by atoms with E-state index in [9.17, 15) is 4.79 Å². The molecule has 0 aromatic heterocycles. The summed E-state index contributed by atoms with van der Waals surface area (Å²) in [6.45, 7) is 0.362. The summed E-state index contributed by atoms with van der Waals surface area (Å²) in [5.74, 6) is -0.161. The van der Waals surface area contributed by atoms with E-state index in [1.165, 1.54) is 0 Å². The number of ether oxygens (including phenoxy) is 1. The van der Waals surface area contributed by atoms with E-state index in [0.29, 0.717) is 12.4 Å². The minimum Gasteiger partial charge on any atom is -0.487 e. The van der Waals surface area contributed by atoms with Gasteiger partial charge in [-0.2, -0.15) is 0 Å². The van der Waals surface area contributed by atoms with Gasteiger partial charge in [-0.25, -0.2) is 0 Å². The number of anilines is 2. The van der Waals surface area contributed by atoms with E-state index in [0.717, 1.165) is 16.9 Å². The van der Waals surface area contributed by atoms with Crippen LogP contribution in [0.1, 0.15) is 5.56 Å². The lowest BCUT2D eigenvalue weighted by atomic mass is 10.1. The van der Waals surface area contributed by atoms with Crippen LogP contribution < -0.4 is 9.64 Å². The highest BCUT2D eigenvalue weighted by Crippen LogP contribution is 2.38. The standard InChI is InChI=1S/C15H13NO3/c17-15(18)9-16-12-6-2-1-5-11(12)10-19-14-8-4-3-7-13(14)16/h1-8H,9-10H2,(H,17,18). The van der Waals surface area contributed by atoms with Crippen LogP contribution in [0.5, 0.6) is 5.75 Å². The molecule has 0 spiro atoms. The maximum atomic E-state index is 11.1. The third-order valence-corrected chi connectivity index (χ3v) is 3.12. The molecule has 0 fully saturated rings. The fourth-order valence-electron chi connectivity index (χ4n) is 2.29. The van der Waals surface area contributed by atoms with Crippen molar-refractivity contribution < 1.29 is 14.6 Å². The van der Waals surface area contributed by atoms with Crippen LogP contribution in [0.3, 0.4) is 0 Å². The third kappa shape index (κ3) is 2.12. The molecule has 0 unspecified atom stereocenters. The minimum atomic E-state index is -0.869. The highest BCUT2D eigenvalue weighted by Gasteiger charge is 2.22. The normalized spacial score (nSPS) is 12.9. The average Bonchev–Trinajstić information content (AvgIpc) is 2.57. The van der Waals surface area contributed by atoms with Crippen molar-refractivity contribution in [2.45, 2.75) is 6.61 Å². The first-order chi connectivity index (χ1) is 9.25. The number of nitrogens with zero attached hydrogens (tertiary/aromatic N) is 1. The molecule has 3 rings (SSSR count). The zero-order chi connectivity index (χ0) is 13.2. The SMILES string of the molecule is O=C(O)CN1c2ccccc2COc2ccccc21. The first-order valence-corrected chi connectivity index (χ1v) is 6.05. The van der Waals surface area contributed by atoms with Gasteiger partial charge in [-0.3, -0.25) is 4.79 Å². The summed E-state index contributed by atoms with van der Waals surface area (Å²) in [6, 6.07) is 15.2. The number of fused-ring (bicyclic) bond motifs is 2. The molecular weight excluding hydrogens is 242 g/mol. The number of carbonyl (C=O) groups is 1. The van der Waals surface area contributed by atoms with Crippen molar-refractivity contribution in [2.75, 3.05) is 11.4 Å². The number of carboxylic acid groups (broad SMARTS) is 1. The van der Waals surface area contributed by atoms with Crippen molar-refractivity contribution in [2.24, 2.45) is 0 Å². The minimum absolute atomic E-state index is 0.0859. The number of benzene rings is 2. The van der Waals surface area contributed by atoms with Gasteiger partial charge in [0.2, 0.25) is 0 Å². The molecule has 2 aromatic rings. The Hall–Kier alpha value is -2.49. The number of hydrogen-bond acceptors (Lipinski definition) is 3. The Morgan fingerprint density at radius 3 is 2.58 bits per heavy atom. The zero-order valence-electron chi connectivity index (χ0n) is 10.2. The molecule has 1 N–H and O–H groups in total. The van der Waals surface area contributed by atoms with Gasteiger partial charge in [-0.1, -0.05) is 30.3 Å². The first kappa shape index (κ1) is 11.6. The van der Waals surface area contributed by atoms with Gasteiger partial charge in [-0.15, -0.1) is 0 Å². The molecule has 96 valence electrons. The van der Waals surface area contributed by atoms with Crippen molar-refractivity contribution in [3.05, 3.63) is 54.1 Å². The first-order valence-electron chi connectivity index (χ1n) is 6.05. The fraction of sp³-hybridized carbons (Fsp3) is 0.133. The molecule has 0 saturated carbocycles. The monoisotopic (exact) mass is 255 g/mol. The van der Waals surface area contributed by atoms with Crippen LogP contribution in [0.4, 0.5) is 11.4 Å². The summed E-state index contributed by atoms with van der Waals surface area (Å²) in [4.78, 5) is 12.9. The van der Waals surface area contributed by atoms with Crippen molar-refractivity contribution in [1.29, 1.82) is 0 Å². The Balaban J connectivity index is 2.16. The molecule has 1 aliphatic heterocycles. The van der Waals surface area contributed by atoms with E-state index in [1.807, 2.05) is 48.5 Å². The number of carboxylic acids is 1. The Morgan fingerprint density at radius 1 is 1.11 bits per heavy atom. The molecule has 1 aliphatic rings. The molecule has 0 bridgehead atoms. The number of rotatable bonds is 2. The van der Waals surface area contributed by atoms with Gasteiger partial charge in [0.15, 0.2) is 0 Å². The Kier molecular flexibility index (Phi) is 2.83. The Labute approximate surface area is 110 Å².